The van der Waals surface area contributed by atoms with Gasteiger partial charge in [-0.3, -0.25) is 0 Å². The average Bonchev–Trinajstić information content (AvgIpc) is 2.59. The lowest BCUT2D eigenvalue weighted by Gasteiger charge is -2.07. The molecule has 3 nitrogen and oxygen atoms in total. The van der Waals surface area contributed by atoms with Gasteiger partial charge in [-0.25, -0.2) is 13.1 Å². The first-order chi connectivity index (χ1) is 11.6. The van der Waals surface area contributed by atoms with Crippen LogP contribution >= 0.6 is 15.9 Å². The van der Waals surface area contributed by atoms with Gasteiger partial charge < -0.3 is 0 Å². The van der Waals surface area contributed by atoms with E-state index in [1.807, 2.05) is 12.1 Å². The number of sulfonamides is 1. The Hall–Kier alpha value is -0.390. The smallest absolute Gasteiger partial charge is 0.211 e. The molecule has 1 N–H and O–H groups in total. The number of nitrogens with one attached hydrogen (secondary N) is 1. The van der Waals surface area contributed by atoms with Crippen LogP contribution in [0.25, 0.3) is 0 Å². The molecule has 1 rings (SSSR count). The van der Waals surface area contributed by atoms with E-state index in [4.69, 9.17) is 0 Å². The standard InChI is InChI=1S/C19H32BrNO2S/c1-2-3-4-5-6-7-8-9-10-11-16-21-24(22,23)19-14-12-18(17-20)13-15-19/h12-15,21H,2-11,16-17H2,1H3. The van der Waals surface area contributed by atoms with Crippen LogP contribution in [0.15, 0.2) is 29.2 Å². The molecule has 0 saturated carbocycles. The Morgan fingerprint density at radius 3 is 1.83 bits per heavy atom. The van der Waals surface area contributed by atoms with Gasteiger partial charge in [-0.05, 0) is 24.1 Å². The molecule has 0 heterocycles. The molecule has 0 spiro atoms. The topological polar surface area (TPSA) is 46.2 Å². The van der Waals surface area contributed by atoms with E-state index in [-0.39, 0.29) is 0 Å². The van der Waals surface area contributed by atoms with Gasteiger partial charge in [-0.2, -0.15) is 0 Å². The third-order valence-corrected chi connectivity index (χ3v) is 6.33. The minimum absolute atomic E-state index is 0.347. The fourth-order valence-corrected chi connectivity index (χ4v) is 4.11. The second-order valence-electron chi connectivity index (χ2n) is 6.36. The van der Waals surface area contributed by atoms with E-state index >= 15 is 0 Å². The molecule has 0 aliphatic rings. The van der Waals surface area contributed by atoms with Crippen molar-refractivity contribution in [1.29, 1.82) is 0 Å². The van der Waals surface area contributed by atoms with Gasteiger partial charge >= 0.3 is 0 Å². The van der Waals surface area contributed by atoms with Gasteiger partial charge in [0.2, 0.25) is 10.0 Å². The van der Waals surface area contributed by atoms with Crippen molar-refractivity contribution in [3.8, 4) is 0 Å². The molecule has 0 fully saturated rings. The minimum Gasteiger partial charge on any atom is -0.211 e. The Labute approximate surface area is 156 Å². The van der Waals surface area contributed by atoms with Crippen LogP contribution in [0.2, 0.25) is 0 Å². The summed E-state index contributed by atoms with van der Waals surface area (Å²) in [6, 6.07) is 7.00. The Morgan fingerprint density at radius 1 is 0.833 bits per heavy atom. The summed E-state index contributed by atoms with van der Waals surface area (Å²) in [4.78, 5) is 0.347. The molecule has 0 unspecified atom stereocenters. The van der Waals surface area contributed by atoms with E-state index in [0.717, 1.165) is 23.7 Å². The van der Waals surface area contributed by atoms with E-state index in [1.54, 1.807) is 12.1 Å². The third kappa shape index (κ3) is 9.19. The molecule has 0 amide bonds. The van der Waals surface area contributed by atoms with Crippen LogP contribution in [0, 0.1) is 0 Å². The van der Waals surface area contributed by atoms with Gasteiger partial charge in [0.25, 0.3) is 0 Å². The summed E-state index contributed by atoms with van der Waals surface area (Å²) in [6.45, 7) is 2.77. The summed E-state index contributed by atoms with van der Waals surface area (Å²) in [5, 5.41) is 0.735. The summed E-state index contributed by atoms with van der Waals surface area (Å²) in [5.41, 5.74) is 1.07. The molecule has 1 aromatic rings. The van der Waals surface area contributed by atoms with Crippen LogP contribution in [0.3, 0.4) is 0 Å². The van der Waals surface area contributed by atoms with Gasteiger partial charge in [0, 0.05) is 11.9 Å². The maximum Gasteiger partial charge on any atom is 0.240 e. The molecule has 0 radical (unpaired) electrons. The number of benzene rings is 1. The second-order valence-corrected chi connectivity index (χ2v) is 8.69. The molecular weight excluding hydrogens is 386 g/mol. The van der Waals surface area contributed by atoms with Crippen LogP contribution in [0.4, 0.5) is 0 Å². The Bertz CT molecular complexity index is 529. The highest BCUT2D eigenvalue weighted by Crippen LogP contribution is 2.13. The van der Waals surface area contributed by atoms with Gasteiger partial charge in [0.1, 0.15) is 0 Å². The summed E-state index contributed by atoms with van der Waals surface area (Å²) in [6.07, 6.45) is 12.5. The van der Waals surface area contributed by atoms with Crippen molar-refractivity contribution in [2.75, 3.05) is 6.54 Å². The summed E-state index contributed by atoms with van der Waals surface area (Å²) in [7, 11) is -3.36. The summed E-state index contributed by atoms with van der Waals surface area (Å²) in [5.74, 6) is 0. The lowest BCUT2D eigenvalue weighted by atomic mass is 10.1. The first-order valence-corrected chi connectivity index (χ1v) is 11.8. The first kappa shape index (κ1) is 21.7. The molecule has 0 aliphatic heterocycles. The average molecular weight is 418 g/mol. The Balaban J connectivity index is 2.09. The monoisotopic (exact) mass is 417 g/mol. The lowest BCUT2D eigenvalue weighted by Crippen LogP contribution is -2.24. The van der Waals surface area contributed by atoms with Crippen LogP contribution in [-0.2, 0) is 15.4 Å². The number of hydrogen-bond donors (Lipinski definition) is 1. The van der Waals surface area contributed by atoms with E-state index in [0.29, 0.717) is 11.4 Å². The molecule has 0 aromatic heterocycles. The van der Waals surface area contributed by atoms with E-state index < -0.39 is 10.0 Å². The fraction of sp³-hybridized carbons (Fsp3) is 0.684. The first-order valence-electron chi connectivity index (χ1n) is 9.24. The van der Waals surface area contributed by atoms with Crippen LogP contribution in [-0.4, -0.2) is 15.0 Å². The third-order valence-electron chi connectivity index (χ3n) is 4.21. The van der Waals surface area contributed by atoms with Gasteiger partial charge in [0.05, 0.1) is 4.90 Å². The van der Waals surface area contributed by atoms with Crippen LogP contribution in [0.1, 0.15) is 76.7 Å². The minimum atomic E-state index is -3.36. The van der Waals surface area contributed by atoms with Crippen molar-refractivity contribution in [1.82, 2.24) is 4.72 Å². The van der Waals surface area contributed by atoms with E-state index in [2.05, 4.69) is 27.6 Å². The highest BCUT2D eigenvalue weighted by molar-refractivity contribution is 9.08. The molecule has 0 atom stereocenters. The molecule has 24 heavy (non-hydrogen) atoms. The lowest BCUT2D eigenvalue weighted by molar-refractivity contribution is 0.549. The fourth-order valence-electron chi connectivity index (χ4n) is 2.66. The highest BCUT2D eigenvalue weighted by Gasteiger charge is 2.12. The number of alkyl halides is 1. The zero-order chi connectivity index (χ0) is 17.7. The molecule has 0 bridgehead atoms. The molecule has 1 aromatic carbocycles. The molecule has 5 heteroatoms. The zero-order valence-corrected chi connectivity index (χ0v) is 17.3. The predicted octanol–water partition coefficient (Wildman–Crippen LogP) is 5.78. The van der Waals surface area contributed by atoms with Crippen molar-refractivity contribution in [2.45, 2.75) is 81.4 Å². The summed E-state index contributed by atoms with van der Waals surface area (Å²) < 4.78 is 27.0. The molecule has 0 saturated heterocycles. The normalized spacial score (nSPS) is 11.8. The number of unbranched alkanes of at least 4 members (excludes halogenated alkanes) is 9. The SMILES string of the molecule is CCCCCCCCCCCCNS(=O)(=O)c1ccc(CBr)cc1. The largest absolute Gasteiger partial charge is 0.240 e. The zero-order valence-electron chi connectivity index (χ0n) is 14.9. The molecule has 0 aliphatic carbocycles. The van der Waals surface area contributed by atoms with Crippen molar-refractivity contribution in [3.05, 3.63) is 29.8 Å². The van der Waals surface area contributed by atoms with Crippen molar-refractivity contribution < 1.29 is 8.42 Å². The Kier molecular flexibility index (Phi) is 11.6. The summed E-state index contributed by atoms with van der Waals surface area (Å²) >= 11 is 3.36. The van der Waals surface area contributed by atoms with E-state index in [1.165, 1.54) is 51.4 Å². The van der Waals surface area contributed by atoms with Gasteiger partial charge in [-0.1, -0.05) is 92.8 Å². The number of hydrogen-bond acceptors (Lipinski definition) is 2. The second kappa shape index (κ2) is 12.9. The highest BCUT2D eigenvalue weighted by atomic mass is 79.9. The van der Waals surface area contributed by atoms with Gasteiger partial charge in [0.15, 0.2) is 0 Å². The predicted molar refractivity (Wildman–Crippen MR) is 106 cm³/mol. The molecular formula is C19H32BrNO2S. The Morgan fingerprint density at radius 2 is 1.33 bits per heavy atom. The number of rotatable bonds is 14. The van der Waals surface area contributed by atoms with Crippen molar-refractivity contribution in [2.24, 2.45) is 0 Å². The van der Waals surface area contributed by atoms with Gasteiger partial charge in [-0.15, -0.1) is 0 Å². The quantitative estimate of drug-likeness (QED) is 0.307. The number of halogens is 1. The van der Waals surface area contributed by atoms with Crippen LogP contribution < -0.4 is 4.72 Å². The maximum atomic E-state index is 12.2. The van der Waals surface area contributed by atoms with Crippen molar-refractivity contribution >= 4 is 26.0 Å². The van der Waals surface area contributed by atoms with Crippen LogP contribution in [0.5, 0.6) is 0 Å². The van der Waals surface area contributed by atoms with Crippen molar-refractivity contribution in [3.63, 3.8) is 0 Å². The molecule has 138 valence electrons. The maximum absolute atomic E-state index is 12.2. The van der Waals surface area contributed by atoms with E-state index in [9.17, 15) is 8.42 Å².